The second-order valence-corrected chi connectivity index (χ2v) is 8.91. The van der Waals surface area contributed by atoms with E-state index in [-0.39, 0.29) is 0 Å². The molecule has 5 rings (SSSR count). The van der Waals surface area contributed by atoms with Gasteiger partial charge in [0.1, 0.15) is 16.0 Å². The molecule has 0 spiro atoms. The van der Waals surface area contributed by atoms with Crippen molar-refractivity contribution in [2.75, 3.05) is 0 Å². The van der Waals surface area contributed by atoms with Gasteiger partial charge in [-0.2, -0.15) is 19.5 Å². The molecule has 0 aliphatic heterocycles. The monoisotopic (exact) mass is 534 g/mol. The summed E-state index contributed by atoms with van der Waals surface area (Å²) in [5.41, 5.74) is 3.36. The summed E-state index contributed by atoms with van der Waals surface area (Å²) in [6, 6.07) is 15.3. The van der Waals surface area contributed by atoms with Crippen LogP contribution in [0.5, 0.6) is 0 Å². The van der Waals surface area contributed by atoms with Gasteiger partial charge in [0.15, 0.2) is 5.01 Å². The molecule has 2 aromatic carbocycles. The fourth-order valence-electron chi connectivity index (χ4n) is 2.68. The van der Waals surface area contributed by atoms with Crippen molar-refractivity contribution in [2.24, 2.45) is 0 Å². The van der Waals surface area contributed by atoms with Gasteiger partial charge in [0.05, 0.1) is 11.9 Å². The highest BCUT2D eigenvalue weighted by Gasteiger charge is 2.18. The van der Waals surface area contributed by atoms with E-state index in [4.69, 9.17) is 16.6 Å². The highest BCUT2D eigenvalue weighted by Crippen LogP contribution is 2.33. The van der Waals surface area contributed by atoms with Gasteiger partial charge in [-0.25, -0.2) is 4.98 Å². The molecule has 0 N–H and O–H groups in total. The zero-order valence-corrected chi connectivity index (χ0v) is 18.7. The predicted molar refractivity (Wildman–Crippen MR) is 117 cm³/mol. The number of rotatable bonds is 3. The van der Waals surface area contributed by atoms with Crippen LogP contribution in [0.25, 0.3) is 32.6 Å². The van der Waals surface area contributed by atoms with Gasteiger partial charge in [0.2, 0.25) is 4.96 Å². The number of nitrogens with zero attached hydrogens (tertiary/aromatic N) is 6. The third-order valence-electron chi connectivity index (χ3n) is 4.03. The van der Waals surface area contributed by atoms with E-state index in [0.717, 1.165) is 36.0 Å². The minimum absolute atomic E-state index is 0.690. The van der Waals surface area contributed by atoms with Gasteiger partial charge in [-0.05, 0) is 52.3 Å². The van der Waals surface area contributed by atoms with Gasteiger partial charge < -0.3 is 0 Å². The number of aromatic nitrogens is 6. The first-order valence-electron chi connectivity index (χ1n) is 8.08. The highest BCUT2D eigenvalue weighted by atomic mass is 79.9. The molecule has 0 saturated heterocycles. The summed E-state index contributed by atoms with van der Waals surface area (Å²) in [4.78, 5) is 7.05. The fraction of sp³-hybridized carbons (Fsp3) is 0. The first-order chi connectivity index (χ1) is 13.6. The maximum absolute atomic E-state index is 5.97. The molecule has 0 radical (unpaired) electrons. The van der Waals surface area contributed by atoms with E-state index in [0.29, 0.717) is 10.7 Å². The number of hydrogen-bond acceptors (Lipinski definition) is 5. The number of benzene rings is 2. The second-order valence-electron chi connectivity index (χ2n) is 5.86. The van der Waals surface area contributed by atoms with Crippen molar-refractivity contribution in [3.8, 4) is 27.6 Å². The van der Waals surface area contributed by atoms with E-state index in [1.54, 1.807) is 15.5 Å². The largest absolute Gasteiger partial charge is 0.216 e. The van der Waals surface area contributed by atoms with Crippen LogP contribution in [-0.4, -0.2) is 29.6 Å². The lowest BCUT2D eigenvalue weighted by molar-refractivity contribution is 0.753. The van der Waals surface area contributed by atoms with Crippen molar-refractivity contribution in [1.82, 2.24) is 29.6 Å². The van der Waals surface area contributed by atoms with Crippen molar-refractivity contribution in [2.45, 2.75) is 0 Å². The van der Waals surface area contributed by atoms with E-state index in [9.17, 15) is 0 Å². The molecule has 0 aliphatic carbocycles. The Kier molecular flexibility index (Phi) is 4.54. The molecular weight excluding hydrogens is 528 g/mol. The average Bonchev–Trinajstić information content (AvgIpc) is 3.40. The maximum atomic E-state index is 5.97. The predicted octanol–water partition coefficient (Wildman–Crippen LogP) is 5.88. The zero-order valence-electron chi connectivity index (χ0n) is 13.9. The summed E-state index contributed by atoms with van der Waals surface area (Å²) < 4.78 is 3.56. The van der Waals surface area contributed by atoms with Gasteiger partial charge in [0.25, 0.3) is 0 Å². The molecule has 3 aromatic heterocycles. The van der Waals surface area contributed by atoms with Gasteiger partial charge in [-0.3, -0.25) is 0 Å². The first-order valence-corrected chi connectivity index (χ1v) is 10.9. The molecule has 0 unspecified atom stereocenters. The molecule has 10 heteroatoms. The Morgan fingerprint density at radius 1 is 0.929 bits per heavy atom. The molecule has 5 aromatic rings. The van der Waals surface area contributed by atoms with Gasteiger partial charge in [0, 0.05) is 15.1 Å². The van der Waals surface area contributed by atoms with E-state index in [1.165, 1.54) is 11.3 Å². The molecule has 6 nitrogen and oxygen atoms in total. The second kappa shape index (κ2) is 7.07. The van der Waals surface area contributed by atoms with E-state index in [1.807, 2.05) is 48.5 Å². The number of halogens is 3. The quantitative estimate of drug-likeness (QED) is 0.289. The molecule has 0 bridgehead atoms. The van der Waals surface area contributed by atoms with E-state index >= 15 is 0 Å². The Balaban J connectivity index is 1.51. The Labute approximate surface area is 185 Å². The van der Waals surface area contributed by atoms with Crippen molar-refractivity contribution in [1.29, 1.82) is 0 Å². The third kappa shape index (κ3) is 3.18. The zero-order chi connectivity index (χ0) is 19.3. The van der Waals surface area contributed by atoms with Crippen molar-refractivity contribution < 1.29 is 0 Å². The SMILES string of the molecule is Clc1ccc(-c2nc3sc(-c4cnn(-c5ccc(Br)cc5)n4)nn3c2Br)cc1. The molecular formula is C18H9Br2ClN6S. The topological polar surface area (TPSA) is 60.9 Å². The standard InChI is InChI=1S/C18H9Br2ClN6S/c19-11-3-7-13(8-4-11)27-22-9-14(24-27)17-25-26-16(20)15(23-18(26)28-17)10-1-5-12(21)6-2-10/h1-9H. The van der Waals surface area contributed by atoms with Crippen LogP contribution in [-0.2, 0) is 0 Å². The van der Waals surface area contributed by atoms with Gasteiger partial charge in [-0.15, -0.1) is 5.10 Å². The minimum atomic E-state index is 0.690. The summed E-state index contributed by atoms with van der Waals surface area (Å²) >= 11 is 14.5. The molecule has 0 saturated carbocycles. The minimum Gasteiger partial charge on any atom is -0.216 e. The fourth-order valence-corrected chi connectivity index (χ4v) is 4.60. The summed E-state index contributed by atoms with van der Waals surface area (Å²) in [6.45, 7) is 0. The Hall–Kier alpha value is -2.07. The number of imidazole rings is 1. The molecule has 0 fully saturated rings. The van der Waals surface area contributed by atoms with Crippen molar-refractivity contribution in [3.63, 3.8) is 0 Å². The molecule has 3 heterocycles. The Bertz CT molecular complexity index is 1290. The molecule has 0 atom stereocenters. The van der Waals surface area contributed by atoms with Crippen LogP contribution < -0.4 is 0 Å². The summed E-state index contributed by atoms with van der Waals surface area (Å²) in [6.07, 6.45) is 1.70. The maximum Gasteiger partial charge on any atom is 0.214 e. The van der Waals surface area contributed by atoms with Crippen LogP contribution in [0.15, 0.2) is 63.8 Å². The summed E-state index contributed by atoms with van der Waals surface area (Å²) in [5, 5.41) is 15.0. The van der Waals surface area contributed by atoms with E-state index in [2.05, 4.69) is 47.2 Å². The van der Waals surface area contributed by atoms with Gasteiger partial charge in [-0.1, -0.05) is 51.0 Å². The third-order valence-corrected chi connectivity index (χ3v) is 6.46. The Morgan fingerprint density at radius 3 is 2.39 bits per heavy atom. The number of fused-ring (bicyclic) bond motifs is 1. The van der Waals surface area contributed by atoms with Crippen LogP contribution in [0.4, 0.5) is 0 Å². The van der Waals surface area contributed by atoms with Gasteiger partial charge >= 0.3 is 0 Å². The summed E-state index contributed by atoms with van der Waals surface area (Å²) in [5.74, 6) is 0. The van der Waals surface area contributed by atoms with Crippen LogP contribution in [0.2, 0.25) is 5.02 Å². The molecule has 138 valence electrons. The van der Waals surface area contributed by atoms with E-state index < -0.39 is 0 Å². The van der Waals surface area contributed by atoms with Crippen LogP contribution >= 0.6 is 54.8 Å². The lowest BCUT2D eigenvalue weighted by Gasteiger charge is -1.98. The van der Waals surface area contributed by atoms with Crippen molar-refractivity contribution in [3.05, 3.63) is 68.8 Å². The van der Waals surface area contributed by atoms with Crippen molar-refractivity contribution >= 4 is 59.8 Å². The average molecular weight is 537 g/mol. The smallest absolute Gasteiger partial charge is 0.214 e. The molecule has 0 amide bonds. The normalized spacial score (nSPS) is 11.4. The highest BCUT2D eigenvalue weighted by molar-refractivity contribution is 9.10. The lowest BCUT2D eigenvalue weighted by atomic mass is 10.2. The van der Waals surface area contributed by atoms with Crippen LogP contribution in [0.1, 0.15) is 0 Å². The lowest BCUT2D eigenvalue weighted by Crippen LogP contribution is -1.98. The van der Waals surface area contributed by atoms with Crippen LogP contribution in [0, 0.1) is 0 Å². The summed E-state index contributed by atoms with van der Waals surface area (Å²) in [7, 11) is 0. The first kappa shape index (κ1) is 18.0. The Morgan fingerprint density at radius 2 is 1.68 bits per heavy atom. The van der Waals surface area contributed by atoms with Crippen LogP contribution in [0.3, 0.4) is 0 Å². The molecule has 0 aliphatic rings. The molecule has 28 heavy (non-hydrogen) atoms. The number of hydrogen-bond donors (Lipinski definition) is 0.